The minimum Gasteiger partial charge on any atom is -0.339 e. The molecular formula is C26H19ClN4O3. The van der Waals surface area contributed by atoms with Gasteiger partial charge in [-0.3, -0.25) is 19.1 Å². The number of carbonyl (C=O) groups is 2. The molecule has 1 N–H and O–H groups in total. The summed E-state index contributed by atoms with van der Waals surface area (Å²) < 4.78 is 1.23. The van der Waals surface area contributed by atoms with E-state index < -0.39 is 23.3 Å². The van der Waals surface area contributed by atoms with E-state index in [1.54, 1.807) is 72.8 Å². The number of fused-ring (bicyclic) bond motifs is 1. The quantitative estimate of drug-likeness (QED) is 0.432. The lowest BCUT2D eigenvalue weighted by atomic mass is 9.86. The number of halogens is 1. The highest BCUT2D eigenvalue weighted by molar-refractivity contribution is 6.30. The van der Waals surface area contributed by atoms with Crippen LogP contribution in [0.25, 0.3) is 0 Å². The van der Waals surface area contributed by atoms with Crippen LogP contribution in [0.2, 0.25) is 5.02 Å². The second-order valence-corrected chi connectivity index (χ2v) is 8.29. The second kappa shape index (κ2) is 8.61. The Morgan fingerprint density at radius 2 is 1.47 bits per heavy atom. The van der Waals surface area contributed by atoms with E-state index in [0.29, 0.717) is 22.0 Å². The van der Waals surface area contributed by atoms with Crippen molar-refractivity contribution in [2.45, 2.75) is 5.92 Å². The van der Waals surface area contributed by atoms with Crippen LogP contribution in [0.3, 0.4) is 0 Å². The Balaban J connectivity index is 1.77. The number of amides is 1. The molecule has 8 heteroatoms. The van der Waals surface area contributed by atoms with E-state index in [-0.39, 0.29) is 17.2 Å². The number of Topliss-reactive ketones (excluding diaryl/α,β-unsaturated/α-hetero) is 1. The van der Waals surface area contributed by atoms with E-state index in [1.807, 2.05) is 12.1 Å². The van der Waals surface area contributed by atoms with Gasteiger partial charge in [-0.25, -0.2) is 4.79 Å². The zero-order chi connectivity index (χ0) is 23.8. The molecule has 168 valence electrons. The molecule has 7 nitrogen and oxygen atoms in total. The summed E-state index contributed by atoms with van der Waals surface area (Å²) in [5.41, 5.74) is 1.26. The van der Waals surface area contributed by atoms with Crippen molar-refractivity contribution in [3.63, 3.8) is 0 Å². The summed E-state index contributed by atoms with van der Waals surface area (Å²) in [6.07, 6.45) is 0. The maximum atomic E-state index is 13.9. The molecule has 1 aromatic heterocycles. The maximum Gasteiger partial charge on any atom is 0.350 e. The molecule has 1 unspecified atom stereocenters. The van der Waals surface area contributed by atoms with E-state index in [4.69, 9.17) is 11.6 Å². The molecule has 0 spiro atoms. The van der Waals surface area contributed by atoms with Gasteiger partial charge in [-0.05, 0) is 42.0 Å². The highest BCUT2D eigenvalue weighted by Gasteiger charge is 2.44. The first-order valence-electron chi connectivity index (χ1n) is 10.6. The molecule has 1 aliphatic rings. The molecule has 34 heavy (non-hydrogen) atoms. The SMILES string of the molecule is Cn1c2c(c(Nc3ccc(Cl)cc3)nc1=O)C(=O)C(c1ccccc1)C(=O)N2c1ccccc1. The standard InChI is InChI=1S/C26H19ClN4O3/c1-30-24-21(23(29-26(30)34)28-18-14-12-17(27)13-15-18)22(32)20(16-8-4-2-5-9-16)25(33)31(24)19-10-6-3-7-11-19/h2-15,20H,1H3,(H,28,29,34). The second-order valence-electron chi connectivity index (χ2n) is 7.85. The van der Waals surface area contributed by atoms with Gasteiger partial charge in [0, 0.05) is 17.8 Å². The van der Waals surface area contributed by atoms with Gasteiger partial charge >= 0.3 is 5.69 Å². The number of hydrogen-bond acceptors (Lipinski definition) is 5. The molecule has 5 rings (SSSR count). The fraction of sp³-hybridized carbons (Fsp3) is 0.0769. The molecule has 0 aliphatic carbocycles. The Kier molecular flexibility index (Phi) is 5.47. The van der Waals surface area contributed by atoms with Crippen LogP contribution in [0, 0.1) is 0 Å². The van der Waals surface area contributed by atoms with Gasteiger partial charge in [0.15, 0.2) is 11.6 Å². The Morgan fingerprint density at radius 3 is 2.12 bits per heavy atom. The minimum absolute atomic E-state index is 0.0831. The molecular weight excluding hydrogens is 452 g/mol. The van der Waals surface area contributed by atoms with E-state index >= 15 is 0 Å². The summed E-state index contributed by atoms with van der Waals surface area (Å²) >= 11 is 5.99. The van der Waals surface area contributed by atoms with Gasteiger partial charge in [-0.2, -0.15) is 4.98 Å². The van der Waals surface area contributed by atoms with Crippen LogP contribution in [0.1, 0.15) is 21.8 Å². The van der Waals surface area contributed by atoms with Crippen molar-refractivity contribution in [1.29, 1.82) is 0 Å². The van der Waals surface area contributed by atoms with Crippen molar-refractivity contribution >= 4 is 46.3 Å². The molecule has 0 saturated heterocycles. The molecule has 0 fully saturated rings. The molecule has 4 aromatic rings. The third-order valence-corrected chi connectivity index (χ3v) is 5.97. The summed E-state index contributed by atoms with van der Waals surface area (Å²) in [7, 11) is 1.50. The molecule has 0 radical (unpaired) electrons. The zero-order valence-electron chi connectivity index (χ0n) is 18.1. The van der Waals surface area contributed by atoms with E-state index in [1.165, 1.54) is 16.5 Å². The van der Waals surface area contributed by atoms with Crippen molar-refractivity contribution in [2.75, 3.05) is 10.2 Å². The van der Waals surface area contributed by atoms with Crippen LogP contribution < -0.4 is 15.9 Å². The summed E-state index contributed by atoms with van der Waals surface area (Å²) in [6, 6.07) is 24.6. The number of hydrogen-bond donors (Lipinski definition) is 1. The van der Waals surface area contributed by atoms with E-state index in [0.717, 1.165) is 0 Å². The number of nitrogens with zero attached hydrogens (tertiary/aromatic N) is 3. The summed E-state index contributed by atoms with van der Waals surface area (Å²) in [6.45, 7) is 0. The normalized spacial score (nSPS) is 15.2. The third kappa shape index (κ3) is 3.66. The predicted octanol–water partition coefficient (Wildman–Crippen LogP) is 4.82. The smallest absolute Gasteiger partial charge is 0.339 e. The average Bonchev–Trinajstić information content (AvgIpc) is 2.85. The number of carbonyl (C=O) groups excluding carboxylic acids is 2. The van der Waals surface area contributed by atoms with Crippen LogP contribution in [-0.2, 0) is 11.8 Å². The number of ketones is 1. The number of anilines is 4. The first kappa shape index (κ1) is 21.6. The first-order chi connectivity index (χ1) is 16.5. The van der Waals surface area contributed by atoms with E-state index in [9.17, 15) is 14.4 Å². The van der Waals surface area contributed by atoms with Crippen molar-refractivity contribution in [3.8, 4) is 0 Å². The number of para-hydroxylation sites is 1. The highest BCUT2D eigenvalue weighted by atomic mass is 35.5. The topological polar surface area (TPSA) is 84.3 Å². The highest BCUT2D eigenvalue weighted by Crippen LogP contribution is 2.41. The molecule has 1 aliphatic heterocycles. The largest absolute Gasteiger partial charge is 0.350 e. The van der Waals surface area contributed by atoms with Gasteiger partial charge in [0.1, 0.15) is 17.3 Å². The van der Waals surface area contributed by atoms with Crippen LogP contribution in [0.5, 0.6) is 0 Å². The molecule has 2 heterocycles. The Hall–Kier alpha value is -4.23. The number of rotatable bonds is 4. The maximum absolute atomic E-state index is 13.9. The van der Waals surface area contributed by atoms with Crippen LogP contribution in [-0.4, -0.2) is 21.2 Å². The Morgan fingerprint density at radius 1 is 0.853 bits per heavy atom. The predicted molar refractivity (Wildman–Crippen MR) is 131 cm³/mol. The van der Waals surface area contributed by atoms with Crippen molar-refractivity contribution < 1.29 is 9.59 Å². The van der Waals surface area contributed by atoms with Gasteiger partial charge < -0.3 is 5.32 Å². The van der Waals surface area contributed by atoms with Crippen LogP contribution in [0.15, 0.2) is 89.7 Å². The molecule has 1 atom stereocenters. The van der Waals surface area contributed by atoms with Gasteiger partial charge in [0.2, 0.25) is 5.91 Å². The summed E-state index contributed by atoms with van der Waals surface area (Å²) in [5.74, 6) is -1.70. The summed E-state index contributed by atoms with van der Waals surface area (Å²) in [4.78, 5) is 46.1. The number of aromatic nitrogens is 2. The molecule has 1 amide bonds. The Labute approximate surface area is 200 Å². The van der Waals surface area contributed by atoms with Gasteiger partial charge in [0.25, 0.3) is 0 Å². The molecule has 0 saturated carbocycles. The van der Waals surface area contributed by atoms with Crippen molar-refractivity contribution in [3.05, 3.63) is 112 Å². The lowest BCUT2D eigenvalue weighted by Crippen LogP contribution is -2.45. The van der Waals surface area contributed by atoms with Gasteiger partial charge in [0.05, 0.1) is 5.69 Å². The lowest BCUT2D eigenvalue weighted by Gasteiger charge is -2.35. The van der Waals surface area contributed by atoms with Gasteiger partial charge in [-0.1, -0.05) is 60.1 Å². The summed E-state index contributed by atoms with van der Waals surface area (Å²) in [5, 5.41) is 3.62. The van der Waals surface area contributed by atoms with Crippen LogP contribution >= 0.6 is 11.6 Å². The average molecular weight is 471 g/mol. The monoisotopic (exact) mass is 470 g/mol. The lowest BCUT2D eigenvalue weighted by molar-refractivity contribution is -0.118. The van der Waals surface area contributed by atoms with Gasteiger partial charge in [-0.15, -0.1) is 0 Å². The Bertz CT molecular complexity index is 1450. The van der Waals surface area contributed by atoms with Crippen molar-refractivity contribution in [1.82, 2.24) is 9.55 Å². The fourth-order valence-electron chi connectivity index (χ4n) is 4.10. The fourth-order valence-corrected chi connectivity index (χ4v) is 4.22. The third-order valence-electron chi connectivity index (χ3n) is 5.71. The van der Waals surface area contributed by atoms with Crippen LogP contribution in [0.4, 0.5) is 23.0 Å². The number of benzene rings is 3. The number of nitrogens with one attached hydrogen (secondary N) is 1. The zero-order valence-corrected chi connectivity index (χ0v) is 18.9. The van der Waals surface area contributed by atoms with E-state index in [2.05, 4.69) is 10.3 Å². The molecule has 0 bridgehead atoms. The minimum atomic E-state index is -1.08. The molecule has 3 aromatic carbocycles. The first-order valence-corrected chi connectivity index (χ1v) is 11.0. The van der Waals surface area contributed by atoms with Crippen molar-refractivity contribution in [2.24, 2.45) is 7.05 Å².